The largest absolute Gasteiger partial charge is 0.480 e. The van der Waals surface area contributed by atoms with Gasteiger partial charge in [0.05, 0.1) is 7.11 Å². The van der Waals surface area contributed by atoms with Crippen molar-refractivity contribution in [1.29, 1.82) is 0 Å². The van der Waals surface area contributed by atoms with Gasteiger partial charge in [0.1, 0.15) is 12.0 Å². The molecule has 5 nitrogen and oxygen atoms in total. The Morgan fingerprint density at radius 2 is 2.45 bits per heavy atom. The normalized spacial score (nSPS) is 16.8. The summed E-state index contributed by atoms with van der Waals surface area (Å²) in [4.78, 5) is 4.06. The van der Waals surface area contributed by atoms with Gasteiger partial charge in [0.15, 0.2) is 0 Å². The molecule has 2 N–H and O–H groups in total. The smallest absolute Gasteiger partial charge is 0.234 e. The second-order valence-electron chi connectivity index (χ2n) is 2.07. The number of ether oxygens (including phenoxy) is 1. The Labute approximate surface area is 65.7 Å². The van der Waals surface area contributed by atoms with E-state index in [0.29, 0.717) is 5.88 Å². The average Bonchev–Trinajstić information content (AvgIpc) is 2.03. The minimum atomic E-state index is 0.579. The van der Waals surface area contributed by atoms with Crippen molar-refractivity contribution >= 4 is 5.84 Å². The minimum absolute atomic E-state index is 0.579. The molecule has 0 radical (unpaired) electrons. The van der Waals surface area contributed by atoms with E-state index in [9.17, 15) is 0 Å². The van der Waals surface area contributed by atoms with Crippen molar-refractivity contribution in [2.75, 3.05) is 14.2 Å². The molecular weight excluding hydrogens is 144 g/mol. The summed E-state index contributed by atoms with van der Waals surface area (Å²) in [5.41, 5.74) is 5.83. The molecular formula is C6H12N4O. The number of hydrogen-bond acceptors (Lipinski definition) is 5. The molecule has 1 heterocycles. The Morgan fingerprint density at radius 3 is 3.00 bits per heavy atom. The van der Waals surface area contributed by atoms with Gasteiger partial charge in [-0.3, -0.25) is 5.43 Å². The van der Waals surface area contributed by atoms with Crippen molar-refractivity contribution in [3.05, 3.63) is 12.1 Å². The van der Waals surface area contributed by atoms with Crippen LogP contribution >= 0.6 is 0 Å². The fourth-order valence-corrected chi connectivity index (χ4v) is 0.755. The third-order valence-electron chi connectivity index (χ3n) is 1.25. The highest BCUT2D eigenvalue weighted by Gasteiger charge is 2.06. The van der Waals surface area contributed by atoms with E-state index in [4.69, 9.17) is 4.74 Å². The maximum absolute atomic E-state index is 4.95. The summed E-state index contributed by atoms with van der Waals surface area (Å²) >= 11 is 0. The van der Waals surface area contributed by atoms with E-state index in [-0.39, 0.29) is 0 Å². The molecule has 0 aromatic rings. The molecule has 5 heteroatoms. The Kier molecular flexibility index (Phi) is 2.32. The first kappa shape index (κ1) is 7.87. The van der Waals surface area contributed by atoms with Crippen LogP contribution in [0.2, 0.25) is 0 Å². The van der Waals surface area contributed by atoms with E-state index in [0.717, 1.165) is 5.84 Å². The molecule has 0 aliphatic carbocycles. The molecule has 0 atom stereocenters. The van der Waals surface area contributed by atoms with E-state index in [1.165, 1.54) is 0 Å². The molecule has 1 aliphatic heterocycles. The highest BCUT2D eigenvalue weighted by molar-refractivity contribution is 5.80. The van der Waals surface area contributed by atoms with Gasteiger partial charge in [-0.2, -0.15) is 4.99 Å². The van der Waals surface area contributed by atoms with Crippen LogP contribution in [-0.2, 0) is 4.74 Å². The topological polar surface area (TPSA) is 48.9 Å². The van der Waals surface area contributed by atoms with Gasteiger partial charge in [0.2, 0.25) is 5.88 Å². The van der Waals surface area contributed by atoms with Crippen LogP contribution in [0.25, 0.3) is 0 Å². The van der Waals surface area contributed by atoms with Gasteiger partial charge < -0.3 is 4.74 Å². The molecule has 0 spiro atoms. The lowest BCUT2D eigenvalue weighted by atomic mass is 10.6. The van der Waals surface area contributed by atoms with E-state index < -0.39 is 0 Å². The van der Waals surface area contributed by atoms with Crippen molar-refractivity contribution in [1.82, 2.24) is 16.0 Å². The summed E-state index contributed by atoms with van der Waals surface area (Å²) in [7, 11) is 3.39. The van der Waals surface area contributed by atoms with E-state index in [2.05, 4.69) is 15.8 Å². The molecule has 0 fully saturated rings. The fourth-order valence-electron chi connectivity index (χ4n) is 0.755. The van der Waals surface area contributed by atoms with Gasteiger partial charge in [0.25, 0.3) is 0 Å². The summed E-state index contributed by atoms with van der Waals surface area (Å²) in [6.45, 7) is 1.86. The number of methoxy groups -OCH3 is 1. The van der Waals surface area contributed by atoms with Crippen molar-refractivity contribution in [3.8, 4) is 0 Å². The molecule has 0 aromatic heterocycles. The van der Waals surface area contributed by atoms with Crippen LogP contribution < -0.4 is 10.9 Å². The standard InChI is InChI=1S/C6H12N4O/c1-5-8-6(11-3)4-10(7-2)9-5/h4,7H,1-3H3,(H,8,9). The second kappa shape index (κ2) is 3.25. The highest BCUT2D eigenvalue weighted by Crippen LogP contribution is 2.02. The molecule has 1 aliphatic rings. The van der Waals surface area contributed by atoms with E-state index >= 15 is 0 Å². The summed E-state index contributed by atoms with van der Waals surface area (Å²) in [6.07, 6.45) is 1.72. The third kappa shape index (κ3) is 1.84. The molecule has 0 bridgehead atoms. The molecule has 1 rings (SSSR count). The number of hydrogen-bond donors (Lipinski definition) is 2. The van der Waals surface area contributed by atoms with Gasteiger partial charge in [-0.1, -0.05) is 0 Å². The van der Waals surface area contributed by atoms with Gasteiger partial charge in [-0.05, 0) is 6.92 Å². The number of aliphatic imine (C=N–C) groups is 1. The SMILES string of the molecule is CNN1C=C(OC)N=C(C)N1. The molecule has 0 unspecified atom stereocenters. The summed E-state index contributed by atoms with van der Waals surface area (Å²) in [6, 6.07) is 0. The van der Waals surface area contributed by atoms with Crippen molar-refractivity contribution in [2.45, 2.75) is 6.92 Å². The number of rotatable bonds is 2. The van der Waals surface area contributed by atoms with Gasteiger partial charge >= 0.3 is 0 Å². The minimum Gasteiger partial charge on any atom is -0.480 e. The zero-order valence-electron chi connectivity index (χ0n) is 6.88. The number of nitrogens with one attached hydrogen (secondary N) is 2. The number of amidine groups is 1. The zero-order chi connectivity index (χ0) is 8.27. The Hall–Kier alpha value is -1.23. The van der Waals surface area contributed by atoms with Crippen molar-refractivity contribution in [3.63, 3.8) is 0 Å². The summed E-state index contributed by atoms with van der Waals surface area (Å²) in [5, 5.41) is 1.67. The van der Waals surface area contributed by atoms with Crippen LogP contribution in [0.3, 0.4) is 0 Å². The van der Waals surface area contributed by atoms with Crippen molar-refractivity contribution < 1.29 is 4.74 Å². The van der Waals surface area contributed by atoms with Crippen LogP contribution in [0, 0.1) is 0 Å². The van der Waals surface area contributed by atoms with E-state index in [1.807, 2.05) is 6.92 Å². The van der Waals surface area contributed by atoms with E-state index in [1.54, 1.807) is 25.5 Å². The average molecular weight is 156 g/mol. The van der Waals surface area contributed by atoms with Gasteiger partial charge in [0, 0.05) is 7.05 Å². The molecule has 11 heavy (non-hydrogen) atoms. The second-order valence-corrected chi connectivity index (χ2v) is 2.07. The monoisotopic (exact) mass is 156 g/mol. The van der Waals surface area contributed by atoms with Gasteiger partial charge in [-0.25, -0.2) is 10.5 Å². The van der Waals surface area contributed by atoms with Crippen LogP contribution in [0.4, 0.5) is 0 Å². The fraction of sp³-hybridized carbons (Fsp3) is 0.500. The Morgan fingerprint density at radius 1 is 1.73 bits per heavy atom. The maximum Gasteiger partial charge on any atom is 0.234 e. The molecule has 0 saturated heterocycles. The third-order valence-corrected chi connectivity index (χ3v) is 1.25. The lowest BCUT2D eigenvalue weighted by molar-refractivity contribution is 0.210. The quantitative estimate of drug-likeness (QED) is 0.581. The van der Waals surface area contributed by atoms with Crippen LogP contribution in [0.15, 0.2) is 17.1 Å². The summed E-state index contributed by atoms with van der Waals surface area (Å²) < 4.78 is 4.95. The highest BCUT2D eigenvalue weighted by atomic mass is 16.5. The lowest BCUT2D eigenvalue weighted by Crippen LogP contribution is -2.46. The lowest BCUT2D eigenvalue weighted by Gasteiger charge is -2.24. The first-order valence-electron chi connectivity index (χ1n) is 3.30. The first-order chi connectivity index (χ1) is 5.26. The van der Waals surface area contributed by atoms with Crippen LogP contribution in [0.1, 0.15) is 6.92 Å². The molecule has 0 saturated carbocycles. The Bertz CT molecular complexity index is 199. The molecule has 62 valence electrons. The maximum atomic E-state index is 4.95. The Balaban J connectivity index is 2.69. The van der Waals surface area contributed by atoms with Crippen LogP contribution in [-0.4, -0.2) is 25.1 Å². The van der Waals surface area contributed by atoms with Crippen molar-refractivity contribution in [2.24, 2.45) is 4.99 Å². The zero-order valence-corrected chi connectivity index (χ0v) is 6.88. The molecule has 0 amide bonds. The number of nitrogens with zero attached hydrogens (tertiary/aromatic N) is 2. The molecule has 0 aromatic carbocycles. The predicted molar refractivity (Wildman–Crippen MR) is 42.2 cm³/mol. The first-order valence-corrected chi connectivity index (χ1v) is 3.30. The van der Waals surface area contributed by atoms with Gasteiger partial charge in [-0.15, -0.1) is 0 Å². The number of hydrazine groups is 2. The summed E-state index contributed by atoms with van der Waals surface area (Å²) in [5.74, 6) is 1.37. The predicted octanol–water partition coefficient (Wildman–Crippen LogP) is -0.195. The van der Waals surface area contributed by atoms with Crippen LogP contribution in [0.5, 0.6) is 0 Å².